The third-order valence-corrected chi connectivity index (χ3v) is 6.97. The Morgan fingerprint density at radius 1 is 1.21 bits per heavy atom. The highest BCUT2D eigenvalue weighted by molar-refractivity contribution is 6.05. The fraction of sp³-hybridized carbons (Fsp3) is 0.571. The molecule has 3 heterocycles. The second-order valence-electron chi connectivity index (χ2n) is 8.67. The molecule has 7 nitrogen and oxygen atoms in total. The Morgan fingerprint density at radius 3 is 2.86 bits per heavy atom. The van der Waals surface area contributed by atoms with Crippen molar-refractivity contribution in [2.75, 3.05) is 19.6 Å². The lowest BCUT2D eigenvalue weighted by molar-refractivity contribution is -0.136. The molecule has 3 fully saturated rings. The Morgan fingerprint density at radius 2 is 2.07 bits per heavy atom. The van der Waals surface area contributed by atoms with E-state index in [1.807, 2.05) is 18.2 Å². The molecule has 148 valence electrons. The first-order valence-electron chi connectivity index (χ1n) is 10.2. The number of imide groups is 1. The van der Waals surface area contributed by atoms with Gasteiger partial charge in [0.2, 0.25) is 11.8 Å². The summed E-state index contributed by atoms with van der Waals surface area (Å²) in [5.74, 6) is -0.0475. The standard InChI is InChI=1S/C21H26N4O3/c26-17-5-4-16(19(27)24-17)25-11-14-3-1-2-13(18(14)20(25)28)8-22-9-15-10-23-12-21(15)6-7-21/h1-3,15-16,22-23H,4-12H2,(H,24,26,27). The third kappa shape index (κ3) is 2.93. The molecule has 1 aromatic rings. The maximum absolute atomic E-state index is 13.1. The highest BCUT2D eigenvalue weighted by Crippen LogP contribution is 2.53. The summed E-state index contributed by atoms with van der Waals surface area (Å²) in [5, 5.41) is 9.43. The zero-order chi connectivity index (χ0) is 19.3. The summed E-state index contributed by atoms with van der Waals surface area (Å²) in [4.78, 5) is 38.4. The van der Waals surface area contributed by atoms with Crippen molar-refractivity contribution in [1.82, 2.24) is 20.9 Å². The van der Waals surface area contributed by atoms with Gasteiger partial charge in [-0.25, -0.2) is 0 Å². The van der Waals surface area contributed by atoms with Gasteiger partial charge >= 0.3 is 0 Å². The lowest BCUT2D eigenvalue weighted by Crippen LogP contribution is -2.52. The van der Waals surface area contributed by atoms with Crippen LogP contribution in [-0.2, 0) is 22.7 Å². The summed E-state index contributed by atoms with van der Waals surface area (Å²) in [6, 6.07) is 5.38. The first-order valence-corrected chi connectivity index (χ1v) is 10.2. The van der Waals surface area contributed by atoms with Crippen LogP contribution >= 0.6 is 0 Å². The van der Waals surface area contributed by atoms with Gasteiger partial charge in [0.15, 0.2) is 0 Å². The number of hydrogen-bond acceptors (Lipinski definition) is 5. The van der Waals surface area contributed by atoms with Crippen molar-refractivity contribution >= 4 is 17.7 Å². The minimum Gasteiger partial charge on any atom is -0.322 e. The van der Waals surface area contributed by atoms with Crippen LogP contribution in [0.15, 0.2) is 18.2 Å². The quantitative estimate of drug-likeness (QED) is 0.647. The second kappa shape index (κ2) is 6.67. The van der Waals surface area contributed by atoms with Gasteiger partial charge in [-0.1, -0.05) is 18.2 Å². The Balaban J connectivity index is 1.27. The van der Waals surface area contributed by atoms with Crippen LogP contribution in [0.25, 0.3) is 0 Å². The summed E-state index contributed by atoms with van der Waals surface area (Å²) in [5.41, 5.74) is 3.21. The number of nitrogens with zero attached hydrogens (tertiary/aromatic N) is 1. The van der Waals surface area contributed by atoms with E-state index in [-0.39, 0.29) is 24.1 Å². The summed E-state index contributed by atoms with van der Waals surface area (Å²) in [6.07, 6.45) is 3.33. The second-order valence-corrected chi connectivity index (χ2v) is 8.67. The molecule has 2 atom stereocenters. The molecule has 3 aliphatic heterocycles. The predicted octanol–water partition coefficient (Wildman–Crippen LogP) is 0.537. The van der Waals surface area contributed by atoms with Crippen molar-refractivity contribution in [2.45, 2.75) is 44.8 Å². The fourth-order valence-electron chi connectivity index (χ4n) is 5.11. The Bertz CT molecular complexity index is 848. The Hall–Kier alpha value is -2.25. The summed E-state index contributed by atoms with van der Waals surface area (Å²) >= 11 is 0. The molecule has 2 saturated heterocycles. The smallest absolute Gasteiger partial charge is 0.255 e. The topological polar surface area (TPSA) is 90.5 Å². The third-order valence-electron chi connectivity index (χ3n) is 6.97. The molecule has 3 N–H and O–H groups in total. The number of carbonyl (C=O) groups excluding carboxylic acids is 3. The number of benzene rings is 1. The number of hydrogen-bond donors (Lipinski definition) is 3. The van der Waals surface area contributed by atoms with Crippen molar-refractivity contribution in [3.63, 3.8) is 0 Å². The molecule has 0 aromatic heterocycles. The molecule has 7 heteroatoms. The van der Waals surface area contributed by atoms with Crippen LogP contribution in [-0.4, -0.2) is 48.3 Å². The normalized spacial score (nSPS) is 28.0. The van der Waals surface area contributed by atoms with E-state index in [1.165, 1.54) is 12.8 Å². The van der Waals surface area contributed by atoms with Gasteiger partial charge in [0.25, 0.3) is 5.91 Å². The van der Waals surface area contributed by atoms with E-state index in [0.29, 0.717) is 30.8 Å². The van der Waals surface area contributed by atoms with E-state index in [0.717, 1.165) is 36.3 Å². The number of carbonyl (C=O) groups is 3. The number of piperidine rings is 1. The first kappa shape index (κ1) is 17.8. The summed E-state index contributed by atoms with van der Waals surface area (Å²) in [6.45, 7) is 4.26. The van der Waals surface area contributed by atoms with Crippen LogP contribution in [0.4, 0.5) is 0 Å². The number of amides is 3. The van der Waals surface area contributed by atoms with Crippen molar-refractivity contribution in [3.8, 4) is 0 Å². The van der Waals surface area contributed by atoms with Gasteiger partial charge < -0.3 is 15.5 Å². The van der Waals surface area contributed by atoms with E-state index in [2.05, 4.69) is 16.0 Å². The molecule has 1 saturated carbocycles. The minimum atomic E-state index is -0.558. The van der Waals surface area contributed by atoms with Gasteiger partial charge in [-0.05, 0) is 48.3 Å². The van der Waals surface area contributed by atoms with Crippen LogP contribution in [0.5, 0.6) is 0 Å². The zero-order valence-corrected chi connectivity index (χ0v) is 15.9. The Labute approximate surface area is 164 Å². The van der Waals surface area contributed by atoms with Crippen molar-refractivity contribution in [3.05, 3.63) is 34.9 Å². The Kier molecular flexibility index (Phi) is 4.25. The van der Waals surface area contributed by atoms with Crippen LogP contribution in [0.2, 0.25) is 0 Å². The molecule has 0 radical (unpaired) electrons. The fourth-order valence-corrected chi connectivity index (χ4v) is 5.11. The van der Waals surface area contributed by atoms with Crippen LogP contribution in [0.1, 0.15) is 47.2 Å². The van der Waals surface area contributed by atoms with E-state index < -0.39 is 6.04 Å². The average Bonchev–Trinajstić information content (AvgIpc) is 3.23. The number of fused-ring (bicyclic) bond motifs is 1. The SMILES string of the molecule is O=C1CCC(N2Cc3cccc(CNCC4CNCC45CC5)c3C2=O)C(=O)N1. The van der Waals surface area contributed by atoms with E-state index in [4.69, 9.17) is 0 Å². The highest BCUT2D eigenvalue weighted by atomic mass is 16.2. The molecule has 1 spiro atoms. The van der Waals surface area contributed by atoms with Gasteiger partial charge in [-0.3, -0.25) is 19.7 Å². The lowest BCUT2D eigenvalue weighted by Gasteiger charge is -2.29. The van der Waals surface area contributed by atoms with Crippen molar-refractivity contribution in [1.29, 1.82) is 0 Å². The summed E-state index contributed by atoms with van der Waals surface area (Å²) in [7, 11) is 0. The largest absolute Gasteiger partial charge is 0.322 e. The first-order chi connectivity index (χ1) is 13.6. The molecule has 1 aliphatic carbocycles. The minimum absolute atomic E-state index is 0.0944. The maximum atomic E-state index is 13.1. The molecule has 5 rings (SSSR count). The van der Waals surface area contributed by atoms with Gasteiger partial charge in [0.1, 0.15) is 6.04 Å². The molecular formula is C21H26N4O3. The van der Waals surface area contributed by atoms with Gasteiger partial charge in [-0.15, -0.1) is 0 Å². The van der Waals surface area contributed by atoms with Gasteiger partial charge in [0.05, 0.1) is 0 Å². The van der Waals surface area contributed by atoms with Crippen LogP contribution in [0, 0.1) is 11.3 Å². The number of nitrogens with one attached hydrogen (secondary N) is 3. The van der Waals surface area contributed by atoms with E-state index in [9.17, 15) is 14.4 Å². The number of rotatable bonds is 5. The molecule has 1 aromatic carbocycles. The van der Waals surface area contributed by atoms with E-state index in [1.54, 1.807) is 4.90 Å². The monoisotopic (exact) mass is 382 g/mol. The van der Waals surface area contributed by atoms with Gasteiger partial charge in [-0.2, -0.15) is 0 Å². The lowest BCUT2D eigenvalue weighted by atomic mass is 9.93. The molecule has 2 unspecified atom stereocenters. The summed E-state index contributed by atoms with van der Waals surface area (Å²) < 4.78 is 0. The molecule has 3 amide bonds. The van der Waals surface area contributed by atoms with Crippen LogP contribution < -0.4 is 16.0 Å². The van der Waals surface area contributed by atoms with Gasteiger partial charge in [0, 0.05) is 38.2 Å². The van der Waals surface area contributed by atoms with E-state index >= 15 is 0 Å². The molecular weight excluding hydrogens is 356 g/mol. The molecule has 0 bridgehead atoms. The maximum Gasteiger partial charge on any atom is 0.255 e. The molecule has 4 aliphatic rings. The average molecular weight is 382 g/mol. The van der Waals surface area contributed by atoms with Crippen LogP contribution in [0.3, 0.4) is 0 Å². The van der Waals surface area contributed by atoms with Crippen molar-refractivity contribution in [2.24, 2.45) is 11.3 Å². The molecule has 28 heavy (non-hydrogen) atoms. The van der Waals surface area contributed by atoms with Crippen molar-refractivity contribution < 1.29 is 14.4 Å². The highest BCUT2D eigenvalue weighted by Gasteiger charge is 2.51. The predicted molar refractivity (Wildman–Crippen MR) is 102 cm³/mol. The zero-order valence-electron chi connectivity index (χ0n) is 15.9.